The van der Waals surface area contributed by atoms with Gasteiger partial charge in [0.25, 0.3) is 0 Å². The van der Waals surface area contributed by atoms with Gasteiger partial charge in [0.15, 0.2) is 12.6 Å². The van der Waals surface area contributed by atoms with E-state index in [4.69, 9.17) is 47.4 Å². The van der Waals surface area contributed by atoms with E-state index >= 15 is 0 Å². The summed E-state index contributed by atoms with van der Waals surface area (Å²) in [5.41, 5.74) is 7.85. The van der Waals surface area contributed by atoms with Crippen molar-refractivity contribution in [2.75, 3.05) is 20.8 Å². The monoisotopic (exact) mass is 1500 g/mol. The molecule has 7 rings (SSSR count). The van der Waals surface area contributed by atoms with Crippen LogP contribution < -0.4 is 23.7 Å². The molecule has 5 aromatic rings. The van der Waals surface area contributed by atoms with Crippen LogP contribution in [0.15, 0.2) is 121 Å². The molecule has 0 radical (unpaired) electrons. The zero-order valence-corrected chi connectivity index (χ0v) is 74.7. The summed E-state index contributed by atoms with van der Waals surface area (Å²) in [6.07, 6.45) is 22.0. The summed E-state index contributed by atoms with van der Waals surface area (Å²) in [7, 11) is 3.38. The maximum Gasteiger partial charge on any atom is 0.204 e. The van der Waals surface area contributed by atoms with Crippen molar-refractivity contribution in [1.29, 1.82) is 0 Å². The van der Waals surface area contributed by atoms with Crippen molar-refractivity contribution in [3.8, 4) is 28.7 Å². The lowest BCUT2D eigenvalue weighted by atomic mass is 9.73. The molecule has 2 aliphatic rings. The Kier molecular flexibility index (Phi) is 43.2. The normalized spacial score (nSPS) is 17.1. The molecule has 0 heterocycles. The molecule has 2 fully saturated rings. The molecule has 10 heteroatoms. The third-order valence-electron chi connectivity index (χ3n) is 20.9. The highest BCUT2D eigenvalue weighted by Gasteiger charge is 2.33. The van der Waals surface area contributed by atoms with Gasteiger partial charge in [-0.2, -0.15) is 0 Å². The highest BCUT2D eigenvalue weighted by atomic mass is 16.7. The lowest BCUT2D eigenvalue weighted by Gasteiger charge is -2.37. The molecule has 0 spiro atoms. The standard InChI is InChI=1S/2C22H36O2.C21H36O2.C17H28O2.C16H26O2/c1-6-18(4)19-10-12-20(13-11-19)24-21(23-17(2)3)16-22(5)14-8-7-9-15-22;1-6-17(2)18-12-14-20(15-13-18)24-21(16-22(3,4)5)23-19-10-8-7-9-11-19;1-9-16(2)17-10-12-18(13-11-17)23-19(14-20(3,4)5)22-15-21(6,7)8;1-7-13(2)14-8-10-15(11-9-14)19-16(18-6)12-17(3,4)5;1-7-12(2)13-8-10-14(11-9-13)18-15(17-6)16(3,4)5/h10-13,17-18,21H,6-9,14-16H2,1-5H3;12-15,17,19,21H,6-11,16H2,1-5H3;10-13,16,19H,9,14-15H2,1-8H3;8-11,13,16H,7,12H2,1-6H3;8-12,15H,7H2,1-6H3. The van der Waals surface area contributed by atoms with Gasteiger partial charge in [0.2, 0.25) is 18.9 Å². The third-order valence-corrected chi connectivity index (χ3v) is 20.9. The molecule has 0 aromatic heterocycles. The smallest absolute Gasteiger partial charge is 0.204 e. The van der Waals surface area contributed by atoms with Crippen LogP contribution >= 0.6 is 0 Å². The van der Waals surface area contributed by atoms with Gasteiger partial charge in [-0.1, -0.05) is 279 Å². The van der Waals surface area contributed by atoms with Gasteiger partial charge < -0.3 is 47.4 Å². The average Bonchev–Trinajstić information content (AvgIpc) is 0.856. The van der Waals surface area contributed by atoms with Crippen LogP contribution in [0.3, 0.4) is 0 Å². The molecule has 0 N–H and O–H groups in total. The number of ether oxygens (including phenoxy) is 10. The van der Waals surface area contributed by atoms with Crippen LogP contribution in [0.5, 0.6) is 28.7 Å². The molecule has 2 saturated carbocycles. The van der Waals surface area contributed by atoms with Gasteiger partial charge in [0, 0.05) is 45.3 Å². The van der Waals surface area contributed by atoms with E-state index in [9.17, 15) is 0 Å². The Balaban J connectivity index is 0.000000352. The Morgan fingerprint density at radius 2 is 0.648 bits per heavy atom. The highest BCUT2D eigenvalue weighted by molar-refractivity contribution is 5.33. The Morgan fingerprint density at radius 1 is 0.352 bits per heavy atom. The molecule has 5 aromatic carbocycles. The first kappa shape index (κ1) is 97.1. The van der Waals surface area contributed by atoms with Crippen LogP contribution in [-0.4, -0.2) is 64.5 Å². The van der Waals surface area contributed by atoms with Crippen molar-refractivity contribution in [3.05, 3.63) is 149 Å². The Labute approximate surface area is 664 Å². The van der Waals surface area contributed by atoms with Crippen LogP contribution in [0, 0.1) is 32.5 Å². The minimum atomic E-state index is -0.230. The topological polar surface area (TPSA) is 92.3 Å². The van der Waals surface area contributed by atoms with Gasteiger partial charge in [0.1, 0.15) is 28.7 Å². The lowest BCUT2D eigenvalue weighted by molar-refractivity contribution is -0.142. The summed E-state index contributed by atoms with van der Waals surface area (Å²) in [5, 5.41) is 0. The second-order valence-corrected chi connectivity index (χ2v) is 38.2. The molecular formula is C98H162O10. The maximum absolute atomic E-state index is 6.35. The molecule has 0 amide bonds. The number of hydrogen-bond acceptors (Lipinski definition) is 10. The molecule has 0 bridgehead atoms. The fourth-order valence-electron chi connectivity index (χ4n) is 13.0. The summed E-state index contributed by atoms with van der Waals surface area (Å²) >= 11 is 0. The summed E-state index contributed by atoms with van der Waals surface area (Å²) in [6, 6.07) is 42.3. The lowest BCUT2D eigenvalue weighted by Crippen LogP contribution is -2.33. The molecule has 108 heavy (non-hydrogen) atoms. The van der Waals surface area contributed by atoms with Crippen LogP contribution in [0.2, 0.25) is 0 Å². The van der Waals surface area contributed by atoms with E-state index in [-0.39, 0.29) is 64.6 Å². The first-order valence-electron chi connectivity index (χ1n) is 42.3. The van der Waals surface area contributed by atoms with Crippen molar-refractivity contribution < 1.29 is 47.4 Å². The van der Waals surface area contributed by atoms with E-state index in [1.165, 1.54) is 92.0 Å². The summed E-state index contributed by atoms with van der Waals surface area (Å²) < 4.78 is 59.7. The third kappa shape index (κ3) is 40.9. The number of hydrogen-bond donors (Lipinski definition) is 0. The molecule has 0 saturated heterocycles. The first-order chi connectivity index (χ1) is 50.5. The molecular weight excluding hydrogens is 1340 g/mol. The summed E-state index contributed by atoms with van der Waals surface area (Å²) in [6.45, 7) is 62.5. The minimum absolute atomic E-state index is 0.0376. The van der Waals surface area contributed by atoms with E-state index in [1.54, 1.807) is 14.2 Å². The maximum atomic E-state index is 6.35. The van der Waals surface area contributed by atoms with Crippen LogP contribution in [-0.2, 0) is 23.7 Å². The molecule has 0 aliphatic heterocycles. The summed E-state index contributed by atoms with van der Waals surface area (Å²) in [5.74, 6) is 7.46. The quantitative estimate of drug-likeness (QED) is 0.0378. The van der Waals surface area contributed by atoms with Gasteiger partial charge in [-0.05, 0) is 217 Å². The van der Waals surface area contributed by atoms with E-state index in [2.05, 4.69) is 291 Å². The first-order valence-corrected chi connectivity index (χ1v) is 42.3. The van der Waals surface area contributed by atoms with Crippen molar-refractivity contribution in [2.45, 2.75) is 389 Å². The average molecular weight is 1500 g/mol. The summed E-state index contributed by atoms with van der Waals surface area (Å²) in [4.78, 5) is 0. The SMILES string of the molecule is CCC(C)c1ccc(OC(CC(C)(C)C)OC)cc1.CCC(C)c1ccc(OC(CC(C)(C)C)OC2CCCCC2)cc1.CCC(C)c1ccc(OC(CC(C)(C)C)OCC(C)(C)C)cc1.CCC(C)c1ccc(OC(CC2(C)CCCCC2)OC(C)C)cc1.CCC(C)c1ccc(OC(OC)C(C)(C)C)cc1. The molecule has 10 nitrogen and oxygen atoms in total. The van der Waals surface area contributed by atoms with Crippen molar-refractivity contribution in [3.63, 3.8) is 0 Å². The number of benzene rings is 5. The molecule has 2 aliphatic carbocycles. The minimum Gasteiger partial charge on any atom is -0.465 e. The fourth-order valence-corrected chi connectivity index (χ4v) is 13.0. The van der Waals surface area contributed by atoms with Crippen molar-refractivity contribution in [2.24, 2.45) is 32.5 Å². The van der Waals surface area contributed by atoms with Crippen molar-refractivity contribution >= 4 is 0 Å². The molecule has 614 valence electrons. The highest BCUT2D eigenvalue weighted by Crippen LogP contribution is 2.41. The second-order valence-electron chi connectivity index (χ2n) is 38.2. The largest absolute Gasteiger partial charge is 0.465 e. The van der Waals surface area contributed by atoms with Crippen LogP contribution in [0.25, 0.3) is 0 Å². The van der Waals surface area contributed by atoms with E-state index < -0.39 is 0 Å². The van der Waals surface area contributed by atoms with Gasteiger partial charge in [0.05, 0.1) is 18.8 Å². The number of rotatable bonds is 33. The zero-order valence-electron chi connectivity index (χ0n) is 74.7. The van der Waals surface area contributed by atoms with E-state index in [0.717, 1.165) is 86.5 Å². The molecule has 10 unspecified atom stereocenters. The van der Waals surface area contributed by atoms with Gasteiger partial charge in [-0.15, -0.1) is 0 Å². The zero-order chi connectivity index (χ0) is 81.1. The van der Waals surface area contributed by atoms with Crippen LogP contribution in [0.1, 0.15) is 373 Å². The predicted octanol–water partition coefficient (Wildman–Crippen LogP) is 29.4. The van der Waals surface area contributed by atoms with Crippen LogP contribution in [0.4, 0.5) is 0 Å². The van der Waals surface area contributed by atoms with Gasteiger partial charge >= 0.3 is 0 Å². The fraction of sp³-hybridized carbons (Fsp3) is 0.694. The Morgan fingerprint density at radius 3 is 0.944 bits per heavy atom. The predicted molar refractivity (Wildman–Crippen MR) is 459 cm³/mol. The van der Waals surface area contributed by atoms with E-state index in [1.807, 2.05) is 24.3 Å². The van der Waals surface area contributed by atoms with Gasteiger partial charge in [-0.25, -0.2) is 0 Å². The number of methoxy groups -OCH3 is 2. The van der Waals surface area contributed by atoms with Crippen molar-refractivity contribution in [1.82, 2.24) is 0 Å². The van der Waals surface area contributed by atoms with Gasteiger partial charge in [-0.3, -0.25) is 0 Å². The Hall–Kier alpha value is -5.10. The second kappa shape index (κ2) is 48.1. The molecule has 10 atom stereocenters. The van der Waals surface area contributed by atoms with E-state index in [0.29, 0.717) is 47.7 Å². The Bertz CT molecular complexity index is 3020.